The topological polar surface area (TPSA) is 90.7 Å². The first kappa shape index (κ1) is 11.2. The van der Waals surface area contributed by atoms with Crippen LogP contribution in [-0.4, -0.2) is 26.3 Å². The van der Waals surface area contributed by atoms with E-state index in [2.05, 4.69) is 33.6 Å². The molecule has 2 heterocycles. The van der Waals surface area contributed by atoms with E-state index >= 15 is 0 Å². The Hall–Kier alpha value is -1.34. The highest BCUT2D eigenvalue weighted by molar-refractivity contribution is 7.09. The van der Waals surface area contributed by atoms with Crippen LogP contribution < -0.4 is 5.73 Å². The lowest BCUT2D eigenvalue weighted by Gasteiger charge is -1.98. The first-order chi connectivity index (χ1) is 7.72. The predicted octanol–water partition coefficient (Wildman–Crippen LogP) is 1.21. The number of aromatic nitrogens is 4. The lowest BCUT2D eigenvalue weighted by molar-refractivity contribution is 0.423. The van der Waals surface area contributed by atoms with E-state index < -0.39 is 0 Å². The van der Waals surface area contributed by atoms with Gasteiger partial charge in [-0.05, 0) is 24.0 Å². The summed E-state index contributed by atoms with van der Waals surface area (Å²) in [5.74, 6) is 1.40. The van der Waals surface area contributed by atoms with Gasteiger partial charge in [0.1, 0.15) is 4.88 Å². The van der Waals surface area contributed by atoms with Crippen molar-refractivity contribution in [3.8, 4) is 10.8 Å². The molecule has 0 aliphatic heterocycles. The van der Waals surface area contributed by atoms with Gasteiger partial charge in [-0.2, -0.15) is 4.98 Å². The maximum Gasteiger partial charge on any atom is 0.271 e. The molecular weight excluding hydrogens is 226 g/mol. The van der Waals surface area contributed by atoms with Gasteiger partial charge in [0.05, 0.1) is 5.69 Å². The van der Waals surface area contributed by atoms with E-state index in [1.807, 2.05) is 0 Å². The van der Waals surface area contributed by atoms with Crippen molar-refractivity contribution in [3.05, 3.63) is 11.5 Å². The Balaban J connectivity index is 2.31. The van der Waals surface area contributed by atoms with Crippen molar-refractivity contribution in [3.63, 3.8) is 0 Å². The highest BCUT2D eigenvalue weighted by Gasteiger charge is 2.18. The third-order valence-electron chi connectivity index (χ3n) is 2.09. The van der Waals surface area contributed by atoms with Crippen LogP contribution >= 0.6 is 11.5 Å². The quantitative estimate of drug-likeness (QED) is 0.862. The van der Waals surface area contributed by atoms with Gasteiger partial charge in [0.25, 0.3) is 5.89 Å². The molecule has 2 aromatic heterocycles. The van der Waals surface area contributed by atoms with Gasteiger partial charge in [0, 0.05) is 6.42 Å². The summed E-state index contributed by atoms with van der Waals surface area (Å²) in [7, 11) is 0. The van der Waals surface area contributed by atoms with Crippen LogP contribution in [0.1, 0.15) is 31.3 Å². The molecule has 0 saturated heterocycles. The molecule has 0 amide bonds. The van der Waals surface area contributed by atoms with Gasteiger partial charge in [-0.1, -0.05) is 23.5 Å². The first-order valence-corrected chi connectivity index (χ1v) is 5.85. The summed E-state index contributed by atoms with van der Waals surface area (Å²) >= 11 is 1.27. The van der Waals surface area contributed by atoms with Gasteiger partial charge in [-0.25, -0.2) is 0 Å². The first-order valence-electron chi connectivity index (χ1n) is 5.07. The summed E-state index contributed by atoms with van der Waals surface area (Å²) in [6.45, 7) is 4.62. The summed E-state index contributed by atoms with van der Waals surface area (Å²) in [4.78, 5) is 5.11. The van der Waals surface area contributed by atoms with E-state index in [9.17, 15) is 0 Å². The number of nitrogens with zero attached hydrogens (tertiary/aromatic N) is 4. The lowest BCUT2D eigenvalue weighted by atomic mass is 10.1. The molecule has 0 fully saturated rings. The maximum atomic E-state index is 5.42. The summed E-state index contributed by atoms with van der Waals surface area (Å²) < 4.78 is 9.08. The van der Waals surface area contributed by atoms with Gasteiger partial charge in [-0.15, -0.1) is 5.10 Å². The van der Waals surface area contributed by atoms with Crippen molar-refractivity contribution in [2.45, 2.75) is 26.2 Å². The Morgan fingerprint density at radius 2 is 2.25 bits per heavy atom. The van der Waals surface area contributed by atoms with Gasteiger partial charge in [0.15, 0.2) is 5.82 Å². The second kappa shape index (κ2) is 4.67. The Morgan fingerprint density at radius 1 is 1.44 bits per heavy atom. The van der Waals surface area contributed by atoms with Gasteiger partial charge in [-0.3, -0.25) is 0 Å². The molecule has 2 rings (SSSR count). The average molecular weight is 239 g/mol. The van der Waals surface area contributed by atoms with Crippen LogP contribution in [0.4, 0.5) is 0 Å². The fourth-order valence-corrected chi connectivity index (χ4v) is 2.04. The molecule has 0 unspecified atom stereocenters. The largest absolute Gasteiger partial charge is 0.333 e. The Labute approximate surface area is 97.0 Å². The number of rotatable bonds is 4. The second-order valence-corrected chi connectivity index (χ2v) is 4.45. The van der Waals surface area contributed by atoms with Crippen LogP contribution in [0.2, 0.25) is 0 Å². The van der Waals surface area contributed by atoms with Crippen molar-refractivity contribution in [2.24, 2.45) is 5.73 Å². The molecule has 6 nitrogen and oxygen atoms in total. The zero-order chi connectivity index (χ0) is 11.5. The summed E-state index contributed by atoms with van der Waals surface area (Å²) in [6, 6.07) is 0. The molecule has 0 bridgehead atoms. The fourth-order valence-electron chi connectivity index (χ4n) is 1.30. The maximum absolute atomic E-state index is 5.42. The smallest absolute Gasteiger partial charge is 0.271 e. The summed E-state index contributed by atoms with van der Waals surface area (Å²) in [5, 5.41) is 7.91. The molecule has 0 atom stereocenters. The zero-order valence-electron chi connectivity index (χ0n) is 9.17. The van der Waals surface area contributed by atoms with E-state index in [0.717, 1.165) is 10.6 Å². The molecule has 16 heavy (non-hydrogen) atoms. The van der Waals surface area contributed by atoms with Crippen molar-refractivity contribution in [2.75, 3.05) is 6.54 Å². The molecule has 2 aromatic rings. The van der Waals surface area contributed by atoms with E-state index in [1.165, 1.54) is 11.5 Å². The summed E-state index contributed by atoms with van der Waals surface area (Å²) in [6.07, 6.45) is 0.618. The minimum Gasteiger partial charge on any atom is -0.333 e. The highest BCUT2D eigenvalue weighted by Crippen LogP contribution is 2.29. The molecule has 7 heteroatoms. The molecule has 0 spiro atoms. The zero-order valence-corrected chi connectivity index (χ0v) is 9.99. The van der Waals surface area contributed by atoms with E-state index in [-0.39, 0.29) is 0 Å². The average Bonchev–Trinajstić information content (AvgIpc) is 2.83. The molecular formula is C9H13N5OS. The van der Waals surface area contributed by atoms with Crippen LogP contribution in [0.5, 0.6) is 0 Å². The minimum atomic E-state index is 0.290. The third kappa shape index (κ3) is 2.10. The SMILES string of the molecule is CC(C)c1nnsc1-c1nc(CCN)no1. The molecule has 2 N–H and O–H groups in total. The molecule has 0 aliphatic carbocycles. The Kier molecular flexibility index (Phi) is 3.25. The number of hydrogen-bond acceptors (Lipinski definition) is 7. The van der Waals surface area contributed by atoms with E-state index in [4.69, 9.17) is 10.3 Å². The predicted molar refractivity (Wildman–Crippen MR) is 60.0 cm³/mol. The van der Waals surface area contributed by atoms with Crippen LogP contribution in [0.3, 0.4) is 0 Å². The minimum absolute atomic E-state index is 0.290. The second-order valence-electron chi connectivity index (χ2n) is 3.70. The van der Waals surface area contributed by atoms with Crippen LogP contribution in [0.25, 0.3) is 10.8 Å². The monoisotopic (exact) mass is 239 g/mol. The van der Waals surface area contributed by atoms with Gasteiger partial charge >= 0.3 is 0 Å². The molecule has 0 saturated carbocycles. The van der Waals surface area contributed by atoms with Gasteiger partial charge in [0.2, 0.25) is 0 Å². The molecule has 0 aliphatic rings. The Bertz CT molecular complexity index is 464. The molecule has 0 radical (unpaired) electrons. The third-order valence-corrected chi connectivity index (χ3v) is 2.82. The van der Waals surface area contributed by atoms with Crippen molar-refractivity contribution in [1.29, 1.82) is 0 Å². The van der Waals surface area contributed by atoms with E-state index in [0.29, 0.717) is 30.6 Å². The van der Waals surface area contributed by atoms with Crippen molar-refractivity contribution >= 4 is 11.5 Å². The van der Waals surface area contributed by atoms with Crippen LogP contribution in [0.15, 0.2) is 4.52 Å². The van der Waals surface area contributed by atoms with E-state index in [1.54, 1.807) is 0 Å². The molecule has 0 aromatic carbocycles. The standard InChI is InChI=1S/C9H13N5OS/c1-5(2)7-8(16-14-12-7)9-11-6(3-4-10)13-15-9/h5H,3-4,10H2,1-2H3. The molecule has 86 valence electrons. The van der Waals surface area contributed by atoms with Crippen molar-refractivity contribution < 1.29 is 4.52 Å². The number of nitrogens with two attached hydrogens (primary N) is 1. The highest BCUT2D eigenvalue weighted by atomic mass is 32.1. The van der Waals surface area contributed by atoms with Gasteiger partial charge < -0.3 is 10.3 Å². The normalized spacial score (nSPS) is 11.2. The lowest BCUT2D eigenvalue weighted by Crippen LogP contribution is -2.03. The van der Waals surface area contributed by atoms with Crippen LogP contribution in [-0.2, 0) is 6.42 Å². The van der Waals surface area contributed by atoms with Crippen LogP contribution in [0, 0.1) is 0 Å². The Morgan fingerprint density at radius 3 is 2.94 bits per heavy atom. The van der Waals surface area contributed by atoms with Crippen molar-refractivity contribution in [1.82, 2.24) is 19.7 Å². The fraction of sp³-hybridized carbons (Fsp3) is 0.556. The summed E-state index contributed by atoms with van der Waals surface area (Å²) in [5.41, 5.74) is 6.32. The number of hydrogen-bond donors (Lipinski definition) is 1.